The lowest BCUT2D eigenvalue weighted by atomic mass is 10.0. The lowest BCUT2D eigenvalue weighted by Crippen LogP contribution is -2.32. The minimum atomic E-state index is 0.767. The molecule has 2 nitrogen and oxygen atoms in total. The third kappa shape index (κ3) is 0.956. The summed E-state index contributed by atoms with van der Waals surface area (Å²) in [5.41, 5.74) is 0. The Hall–Kier alpha value is -0.0800. The molecule has 2 aliphatic heterocycles. The van der Waals surface area contributed by atoms with Gasteiger partial charge in [0.1, 0.15) is 0 Å². The van der Waals surface area contributed by atoms with E-state index in [1.54, 1.807) is 0 Å². The molecule has 2 heterocycles. The quantitative estimate of drug-likeness (QED) is 0.520. The largest absolute Gasteiger partial charge is 0.310 e. The van der Waals surface area contributed by atoms with Gasteiger partial charge in [-0.3, -0.25) is 0 Å². The van der Waals surface area contributed by atoms with Crippen LogP contribution in [-0.2, 0) is 0 Å². The van der Waals surface area contributed by atoms with E-state index in [9.17, 15) is 0 Å². The maximum atomic E-state index is 3.60. The van der Waals surface area contributed by atoms with Gasteiger partial charge in [-0.1, -0.05) is 0 Å². The van der Waals surface area contributed by atoms with Crippen LogP contribution in [0.1, 0.15) is 13.3 Å². The van der Waals surface area contributed by atoms with Crippen molar-refractivity contribution in [2.75, 3.05) is 20.1 Å². The van der Waals surface area contributed by atoms with Crippen LogP contribution in [0.5, 0.6) is 0 Å². The minimum absolute atomic E-state index is 0.767. The molecular formula is C8H16N2. The van der Waals surface area contributed by atoms with Crippen LogP contribution in [0, 0.1) is 5.92 Å². The molecule has 1 N–H and O–H groups in total. The second-order valence-corrected chi connectivity index (χ2v) is 3.89. The number of hydrogen-bond donors (Lipinski definition) is 1. The Balaban J connectivity index is 2.00. The van der Waals surface area contributed by atoms with Gasteiger partial charge in [0, 0.05) is 25.2 Å². The van der Waals surface area contributed by atoms with Gasteiger partial charge in [0.2, 0.25) is 0 Å². The summed E-state index contributed by atoms with van der Waals surface area (Å²) < 4.78 is 0. The minimum Gasteiger partial charge on any atom is -0.310 e. The molecule has 0 aromatic heterocycles. The van der Waals surface area contributed by atoms with Crippen LogP contribution in [0.2, 0.25) is 0 Å². The molecule has 0 bridgehead atoms. The van der Waals surface area contributed by atoms with Crippen molar-refractivity contribution in [3.05, 3.63) is 0 Å². The van der Waals surface area contributed by atoms with E-state index in [2.05, 4.69) is 24.2 Å². The van der Waals surface area contributed by atoms with E-state index >= 15 is 0 Å². The topological polar surface area (TPSA) is 15.3 Å². The fourth-order valence-corrected chi connectivity index (χ4v) is 2.40. The summed E-state index contributed by atoms with van der Waals surface area (Å²) in [6, 6.07) is 1.57. The highest BCUT2D eigenvalue weighted by molar-refractivity contribution is 4.95. The van der Waals surface area contributed by atoms with Crippen LogP contribution in [0.25, 0.3) is 0 Å². The molecule has 2 heteroatoms. The summed E-state index contributed by atoms with van der Waals surface area (Å²) in [4.78, 5) is 2.42. The fourth-order valence-electron chi connectivity index (χ4n) is 2.40. The average molecular weight is 140 g/mol. The first-order valence-corrected chi connectivity index (χ1v) is 4.20. The highest BCUT2D eigenvalue weighted by Crippen LogP contribution is 2.26. The molecule has 0 radical (unpaired) electrons. The lowest BCUT2D eigenvalue weighted by molar-refractivity contribution is 0.370. The van der Waals surface area contributed by atoms with Crippen molar-refractivity contribution in [1.82, 2.24) is 10.2 Å². The maximum Gasteiger partial charge on any atom is 0.0238 e. The van der Waals surface area contributed by atoms with Gasteiger partial charge >= 0.3 is 0 Å². The number of hydrogen-bond acceptors (Lipinski definition) is 2. The van der Waals surface area contributed by atoms with Gasteiger partial charge in [0.15, 0.2) is 0 Å². The van der Waals surface area contributed by atoms with Gasteiger partial charge < -0.3 is 10.2 Å². The highest BCUT2D eigenvalue weighted by atomic mass is 15.2. The number of likely N-dealkylation sites (tertiary alicyclic amines) is 1. The van der Waals surface area contributed by atoms with Crippen molar-refractivity contribution in [2.24, 2.45) is 5.92 Å². The molecule has 0 amide bonds. The molecular weight excluding hydrogens is 124 g/mol. The molecule has 0 saturated carbocycles. The van der Waals surface area contributed by atoms with E-state index in [4.69, 9.17) is 0 Å². The summed E-state index contributed by atoms with van der Waals surface area (Å²) in [5.74, 6) is 0.944. The number of rotatable bonds is 0. The molecule has 0 aliphatic carbocycles. The van der Waals surface area contributed by atoms with E-state index in [1.165, 1.54) is 19.5 Å². The summed E-state index contributed by atoms with van der Waals surface area (Å²) in [6.45, 7) is 4.86. The van der Waals surface area contributed by atoms with Crippen LogP contribution in [0.3, 0.4) is 0 Å². The van der Waals surface area contributed by atoms with Crippen LogP contribution in [0.4, 0.5) is 0 Å². The van der Waals surface area contributed by atoms with E-state index in [1.807, 2.05) is 0 Å². The average Bonchev–Trinajstić information content (AvgIpc) is 2.21. The van der Waals surface area contributed by atoms with Gasteiger partial charge in [-0.15, -0.1) is 0 Å². The maximum absolute atomic E-state index is 3.60. The first-order valence-electron chi connectivity index (χ1n) is 4.20. The molecule has 2 saturated heterocycles. The van der Waals surface area contributed by atoms with Crippen molar-refractivity contribution >= 4 is 0 Å². The summed E-state index contributed by atoms with van der Waals surface area (Å²) in [6.07, 6.45) is 1.38. The van der Waals surface area contributed by atoms with Crippen molar-refractivity contribution in [2.45, 2.75) is 25.4 Å². The Morgan fingerprint density at radius 1 is 1.40 bits per heavy atom. The summed E-state index contributed by atoms with van der Waals surface area (Å²) >= 11 is 0. The van der Waals surface area contributed by atoms with E-state index < -0.39 is 0 Å². The zero-order valence-electron chi connectivity index (χ0n) is 6.80. The monoisotopic (exact) mass is 140 g/mol. The first kappa shape index (κ1) is 6.62. The number of likely N-dealkylation sites (N-methyl/N-ethyl adjacent to an activating group) is 1. The first-order chi connectivity index (χ1) is 4.75. The van der Waals surface area contributed by atoms with E-state index in [0.717, 1.165) is 18.0 Å². The van der Waals surface area contributed by atoms with Crippen LogP contribution in [0.15, 0.2) is 0 Å². The molecule has 2 aliphatic rings. The SMILES string of the molecule is C[C@@H]1C[C@@H]2CN(C)C[C@H]2N1. The van der Waals surface area contributed by atoms with Crippen molar-refractivity contribution in [1.29, 1.82) is 0 Å². The van der Waals surface area contributed by atoms with Gasteiger partial charge in [0.05, 0.1) is 0 Å². The van der Waals surface area contributed by atoms with Gasteiger partial charge in [-0.25, -0.2) is 0 Å². The fraction of sp³-hybridized carbons (Fsp3) is 1.00. The zero-order valence-corrected chi connectivity index (χ0v) is 6.80. The molecule has 58 valence electrons. The molecule has 10 heavy (non-hydrogen) atoms. The molecule has 2 rings (SSSR count). The third-order valence-corrected chi connectivity index (χ3v) is 2.78. The second-order valence-electron chi connectivity index (χ2n) is 3.89. The Labute approximate surface area is 62.6 Å². The zero-order chi connectivity index (χ0) is 7.14. The Morgan fingerprint density at radius 3 is 2.90 bits per heavy atom. The lowest BCUT2D eigenvalue weighted by Gasteiger charge is -2.11. The second kappa shape index (κ2) is 2.21. The molecule has 0 aromatic rings. The Kier molecular flexibility index (Phi) is 1.46. The standard InChI is InChI=1S/C8H16N2/c1-6-3-7-4-10(2)5-8(7)9-6/h6-9H,3-5H2,1-2H3/t6-,7-,8-/m1/s1. The van der Waals surface area contributed by atoms with Gasteiger partial charge in [-0.2, -0.15) is 0 Å². The van der Waals surface area contributed by atoms with E-state index in [0.29, 0.717) is 0 Å². The highest BCUT2D eigenvalue weighted by Gasteiger charge is 2.37. The van der Waals surface area contributed by atoms with Crippen molar-refractivity contribution in [3.8, 4) is 0 Å². The number of nitrogens with zero attached hydrogens (tertiary/aromatic N) is 1. The van der Waals surface area contributed by atoms with Crippen molar-refractivity contribution in [3.63, 3.8) is 0 Å². The Morgan fingerprint density at radius 2 is 2.20 bits per heavy atom. The Bertz CT molecular complexity index is 107. The molecule has 3 atom stereocenters. The molecule has 0 unspecified atom stereocenters. The molecule has 2 fully saturated rings. The van der Waals surface area contributed by atoms with Gasteiger partial charge in [0.25, 0.3) is 0 Å². The summed E-state index contributed by atoms with van der Waals surface area (Å²) in [5, 5.41) is 3.60. The van der Waals surface area contributed by atoms with Crippen LogP contribution < -0.4 is 5.32 Å². The van der Waals surface area contributed by atoms with Crippen molar-refractivity contribution < 1.29 is 0 Å². The third-order valence-electron chi connectivity index (χ3n) is 2.78. The van der Waals surface area contributed by atoms with E-state index in [-0.39, 0.29) is 0 Å². The smallest absolute Gasteiger partial charge is 0.0238 e. The molecule has 0 aromatic carbocycles. The normalized spacial score (nSPS) is 48.0. The molecule has 0 spiro atoms. The summed E-state index contributed by atoms with van der Waals surface area (Å²) in [7, 11) is 2.21. The predicted octanol–water partition coefficient (Wildman–Crippen LogP) is 0.298. The van der Waals surface area contributed by atoms with Crippen LogP contribution >= 0.6 is 0 Å². The predicted molar refractivity (Wildman–Crippen MR) is 42.0 cm³/mol. The van der Waals surface area contributed by atoms with Crippen LogP contribution in [-0.4, -0.2) is 37.1 Å². The number of nitrogens with one attached hydrogen (secondary N) is 1. The number of fused-ring (bicyclic) bond motifs is 1. The van der Waals surface area contributed by atoms with Gasteiger partial charge in [-0.05, 0) is 26.3 Å².